The van der Waals surface area contributed by atoms with E-state index >= 15 is 0 Å². The van der Waals surface area contributed by atoms with Crippen molar-refractivity contribution in [3.05, 3.63) is 22.9 Å². The van der Waals surface area contributed by atoms with Crippen molar-refractivity contribution in [1.29, 1.82) is 0 Å². The molecule has 2 saturated carbocycles. The van der Waals surface area contributed by atoms with E-state index < -0.39 is 0 Å². The molecule has 94 valence electrons. The predicted octanol–water partition coefficient (Wildman–Crippen LogP) is 0.965. The lowest BCUT2D eigenvalue weighted by Gasteiger charge is -2.17. The van der Waals surface area contributed by atoms with E-state index in [-0.39, 0.29) is 5.69 Å². The summed E-state index contributed by atoms with van der Waals surface area (Å²) in [5.74, 6) is 1.85. The summed E-state index contributed by atoms with van der Waals surface area (Å²) < 4.78 is 3.41. The summed E-state index contributed by atoms with van der Waals surface area (Å²) >= 11 is 0. The Bertz CT molecular complexity index is 428. The van der Waals surface area contributed by atoms with Crippen molar-refractivity contribution < 1.29 is 0 Å². The van der Waals surface area contributed by atoms with Crippen molar-refractivity contribution in [2.45, 2.75) is 38.3 Å². The number of rotatable bonds is 6. The normalized spacial score (nSPS) is 20.1. The van der Waals surface area contributed by atoms with Gasteiger partial charge in [0.05, 0.1) is 0 Å². The highest BCUT2D eigenvalue weighted by molar-refractivity contribution is 4.96. The zero-order valence-corrected chi connectivity index (χ0v) is 10.4. The topological polar surface area (TPSA) is 39.0 Å². The molecular weight excluding hydrogens is 214 g/mol. The van der Waals surface area contributed by atoms with Gasteiger partial charge in [0.1, 0.15) is 0 Å². The fraction of sp³-hybridized carbons (Fsp3) is 0.769. The van der Waals surface area contributed by atoms with E-state index in [1.807, 2.05) is 12.4 Å². The van der Waals surface area contributed by atoms with Gasteiger partial charge in [-0.05, 0) is 37.5 Å². The highest BCUT2D eigenvalue weighted by Gasteiger charge is 2.40. The van der Waals surface area contributed by atoms with Crippen LogP contribution in [0.4, 0.5) is 0 Å². The molecule has 0 bridgehead atoms. The molecule has 0 unspecified atom stereocenters. The van der Waals surface area contributed by atoms with Gasteiger partial charge < -0.3 is 9.88 Å². The van der Waals surface area contributed by atoms with Crippen LogP contribution in [0.2, 0.25) is 0 Å². The molecule has 1 aromatic heterocycles. The monoisotopic (exact) mass is 235 g/mol. The van der Waals surface area contributed by atoms with Gasteiger partial charge >= 0.3 is 5.69 Å². The van der Waals surface area contributed by atoms with Crippen LogP contribution in [-0.4, -0.2) is 21.7 Å². The molecule has 0 radical (unpaired) electrons. The first-order chi connectivity index (χ1) is 8.25. The van der Waals surface area contributed by atoms with Crippen LogP contribution in [0.1, 0.15) is 25.7 Å². The van der Waals surface area contributed by atoms with Crippen LogP contribution in [0.3, 0.4) is 0 Å². The van der Waals surface area contributed by atoms with Gasteiger partial charge in [0, 0.05) is 38.6 Å². The summed E-state index contributed by atoms with van der Waals surface area (Å²) in [6.07, 6.45) is 9.30. The second-order valence-corrected chi connectivity index (χ2v) is 5.54. The number of nitrogens with zero attached hydrogens (tertiary/aromatic N) is 2. The van der Waals surface area contributed by atoms with Gasteiger partial charge in [0.15, 0.2) is 0 Å². The summed E-state index contributed by atoms with van der Waals surface area (Å²) in [4.78, 5) is 11.6. The Morgan fingerprint density at radius 3 is 2.41 bits per heavy atom. The lowest BCUT2D eigenvalue weighted by Crippen LogP contribution is -2.36. The molecule has 2 fully saturated rings. The van der Waals surface area contributed by atoms with Gasteiger partial charge in [-0.15, -0.1) is 0 Å². The number of imidazole rings is 1. The molecule has 4 nitrogen and oxygen atoms in total. The average molecular weight is 235 g/mol. The van der Waals surface area contributed by atoms with Crippen molar-refractivity contribution in [1.82, 2.24) is 14.5 Å². The largest absolute Gasteiger partial charge is 0.327 e. The number of hydrogen-bond donors (Lipinski definition) is 1. The Hall–Kier alpha value is -1.03. The maximum Gasteiger partial charge on any atom is 0.327 e. The second kappa shape index (κ2) is 4.33. The quantitative estimate of drug-likeness (QED) is 0.798. The molecule has 0 aromatic carbocycles. The molecule has 2 aliphatic carbocycles. The summed E-state index contributed by atoms with van der Waals surface area (Å²) in [6.45, 7) is 1.71. The molecule has 2 aliphatic rings. The number of nitrogens with one attached hydrogen (secondary N) is 1. The molecule has 3 rings (SSSR count). The van der Waals surface area contributed by atoms with E-state index in [1.54, 1.807) is 16.2 Å². The maximum atomic E-state index is 11.6. The first kappa shape index (κ1) is 11.1. The lowest BCUT2D eigenvalue weighted by atomic mass is 10.1. The zero-order valence-electron chi connectivity index (χ0n) is 10.4. The average Bonchev–Trinajstić information content (AvgIpc) is 3.20. The van der Waals surface area contributed by atoms with E-state index in [4.69, 9.17) is 0 Å². The molecule has 0 saturated heterocycles. The number of aryl methyl sites for hydroxylation is 1. The van der Waals surface area contributed by atoms with Crippen molar-refractivity contribution in [2.24, 2.45) is 18.9 Å². The predicted molar refractivity (Wildman–Crippen MR) is 66.9 cm³/mol. The molecule has 17 heavy (non-hydrogen) atoms. The van der Waals surface area contributed by atoms with Crippen molar-refractivity contribution >= 4 is 0 Å². The third-order valence-corrected chi connectivity index (χ3v) is 4.01. The van der Waals surface area contributed by atoms with E-state index in [9.17, 15) is 4.79 Å². The van der Waals surface area contributed by atoms with Crippen LogP contribution in [0.15, 0.2) is 17.2 Å². The molecule has 0 aliphatic heterocycles. The summed E-state index contributed by atoms with van der Waals surface area (Å²) in [5.41, 5.74) is 0.0844. The molecule has 1 N–H and O–H groups in total. The summed E-state index contributed by atoms with van der Waals surface area (Å²) in [5, 5.41) is 3.66. The van der Waals surface area contributed by atoms with E-state index in [0.29, 0.717) is 0 Å². The van der Waals surface area contributed by atoms with E-state index in [0.717, 1.165) is 31.0 Å². The second-order valence-electron chi connectivity index (χ2n) is 5.54. The fourth-order valence-electron chi connectivity index (χ4n) is 2.66. The standard InChI is InChI=1S/C13H21N3O/c1-15-8-9-16(13(15)17)7-6-14-12(10-2-3-10)11-4-5-11/h8-12,14H,2-7H2,1H3. The molecule has 1 aromatic rings. The minimum Gasteiger partial charge on any atom is -0.312 e. The van der Waals surface area contributed by atoms with Crippen LogP contribution < -0.4 is 11.0 Å². The van der Waals surface area contributed by atoms with Gasteiger partial charge in [-0.2, -0.15) is 0 Å². The smallest absolute Gasteiger partial charge is 0.312 e. The molecule has 0 amide bonds. The minimum atomic E-state index is 0.0844. The third kappa shape index (κ3) is 2.46. The Kier molecular flexibility index (Phi) is 2.82. The number of hydrogen-bond acceptors (Lipinski definition) is 2. The molecule has 0 spiro atoms. The van der Waals surface area contributed by atoms with Crippen LogP contribution in [-0.2, 0) is 13.6 Å². The summed E-state index contributed by atoms with van der Waals surface area (Å²) in [7, 11) is 1.80. The number of aromatic nitrogens is 2. The maximum absolute atomic E-state index is 11.6. The van der Waals surface area contributed by atoms with Crippen LogP contribution in [0.5, 0.6) is 0 Å². The third-order valence-electron chi connectivity index (χ3n) is 4.01. The zero-order chi connectivity index (χ0) is 11.8. The Morgan fingerprint density at radius 2 is 1.94 bits per heavy atom. The van der Waals surface area contributed by atoms with Crippen molar-refractivity contribution in [2.75, 3.05) is 6.54 Å². The van der Waals surface area contributed by atoms with Gasteiger partial charge in [-0.1, -0.05) is 0 Å². The van der Waals surface area contributed by atoms with E-state index in [1.165, 1.54) is 25.7 Å². The van der Waals surface area contributed by atoms with Crippen LogP contribution in [0.25, 0.3) is 0 Å². The van der Waals surface area contributed by atoms with Crippen LogP contribution in [0, 0.1) is 11.8 Å². The first-order valence-electron chi connectivity index (χ1n) is 6.71. The highest BCUT2D eigenvalue weighted by Crippen LogP contribution is 2.44. The SMILES string of the molecule is Cn1ccn(CCNC(C2CC2)C2CC2)c1=O. The molecular formula is C13H21N3O. The Morgan fingerprint density at radius 1 is 1.29 bits per heavy atom. The lowest BCUT2D eigenvalue weighted by molar-refractivity contribution is 0.404. The van der Waals surface area contributed by atoms with E-state index in [2.05, 4.69) is 5.32 Å². The Balaban J connectivity index is 1.50. The fourth-order valence-corrected chi connectivity index (χ4v) is 2.66. The van der Waals surface area contributed by atoms with Crippen molar-refractivity contribution in [3.8, 4) is 0 Å². The van der Waals surface area contributed by atoms with Gasteiger partial charge in [0.2, 0.25) is 0 Å². The van der Waals surface area contributed by atoms with Crippen molar-refractivity contribution in [3.63, 3.8) is 0 Å². The highest BCUT2D eigenvalue weighted by atomic mass is 16.1. The Labute approximate surface area is 102 Å². The van der Waals surface area contributed by atoms with Gasteiger partial charge in [-0.3, -0.25) is 4.57 Å². The molecule has 0 atom stereocenters. The molecule has 4 heteroatoms. The molecule has 1 heterocycles. The first-order valence-corrected chi connectivity index (χ1v) is 6.71. The summed E-state index contributed by atoms with van der Waals surface area (Å²) in [6, 6.07) is 0.731. The minimum absolute atomic E-state index is 0.0844. The van der Waals surface area contributed by atoms with Gasteiger partial charge in [0.25, 0.3) is 0 Å². The van der Waals surface area contributed by atoms with Crippen LogP contribution >= 0.6 is 0 Å². The van der Waals surface area contributed by atoms with Gasteiger partial charge in [-0.25, -0.2) is 4.79 Å².